The fourth-order valence-corrected chi connectivity index (χ4v) is 6.59. The molecule has 1 N–H and O–H groups in total. The molecule has 0 unspecified atom stereocenters. The van der Waals surface area contributed by atoms with Gasteiger partial charge in [0.15, 0.2) is 0 Å². The van der Waals surface area contributed by atoms with Crippen LogP contribution in [-0.4, -0.2) is 44.3 Å². The predicted molar refractivity (Wildman–Crippen MR) is 176 cm³/mol. The van der Waals surface area contributed by atoms with E-state index in [4.69, 9.17) is 11.6 Å². The third-order valence-electron chi connectivity index (χ3n) is 7.30. The Hall–Kier alpha value is -4.35. The lowest BCUT2D eigenvalue weighted by Gasteiger charge is -2.34. The van der Waals surface area contributed by atoms with Gasteiger partial charge in [-0.25, -0.2) is 8.42 Å². The summed E-state index contributed by atoms with van der Waals surface area (Å²) in [6, 6.07) is 26.1. The molecule has 0 fully saturated rings. The van der Waals surface area contributed by atoms with Gasteiger partial charge in [-0.15, -0.1) is 0 Å². The van der Waals surface area contributed by atoms with Gasteiger partial charge in [-0.2, -0.15) is 13.2 Å². The van der Waals surface area contributed by atoms with Crippen molar-refractivity contribution in [3.8, 4) is 0 Å². The van der Waals surface area contributed by atoms with E-state index >= 15 is 0 Å². The first-order valence-electron chi connectivity index (χ1n) is 14.9. The Balaban J connectivity index is 1.85. The van der Waals surface area contributed by atoms with E-state index in [1.807, 2.05) is 32.0 Å². The van der Waals surface area contributed by atoms with Crippen molar-refractivity contribution >= 4 is 39.1 Å². The quantitative estimate of drug-likeness (QED) is 0.165. The second-order valence-corrected chi connectivity index (χ2v) is 13.6. The van der Waals surface area contributed by atoms with Gasteiger partial charge in [-0.1, -0.05) is 104 Å². The van der Waals surface area contributed by atoms with Gasteiger partial charge in [-0.3, -0.25) is 13.9 Å². The fraction of sp³-hybridized carbons (Fsp3) is 0.257. The number of carbonyl (C=O) groups is 2. The SMILES string of the molecule is CC(C)CNC(=O)[C@@H](Cc1ccccc1)N(Cc1ccccc1)C(=O)CN(c1cc(C(F)(F)F)ccc1Cl)S(=O)(=O)c1ccccc1. The predicted octanol–water partition coefficient (Wildman–Crippen LogP) is 6.97. The molecule has 248 valence electrons. The van der Waals surface area contributed by atoms with Gasteiger partial charge in [0.25, 0.3) is 10.0 Å². The highest BCUT2D eigenvalue weighted by Gasteiger charge is 2.37. The van der Waals surface area contributed by atoms with E-state index in [1.54, 1.807) is 48.5 Å². The fourth-order valence-electron chi connectivity index (χ4n) is 4.87. The van der Waals surface area contributed by atoms with Gasteiger partial charge < -0.3 is 10.2 Å². The molecule has 47 heavy (non-hydrogen) atoms. The van der Waals surface area contributed by atoms with Crippen molar-refractivity contribution < 1.29 is 31.2 Å². The number of benzene rings is 4. The van der Waals surface area contributed by atoms with Gasteiger partial charge >= 0.3 is 6.18 Å². The Labute approximate surface area is 278 Å². The molecule has 0 bridgehead atoms. The molecule has 0 aliphatic heterocycles. The summed E-state index contributed by atoms with van der Waals surface area (Å²) >= 11 is 6.36. The lowest BCUT2D eigenvalue weighted by Crippen LogP contribution is -2.53. The summed E-state index contributed by atoms with van der Waals surface area (Å²) in [6.45, 7) is 3.15. The van der Waals surface area contributed by atoms with Crippen molar-refractivity contribution in [2.75, 3.05) is 17.4 Å². The minimum atomic E-state index is -4.82. The average Bonchev–Trinajstić information content (AvgIpc) is 3.05. The first-order chi connectivity index (χ1) is 22.3. The zero-order valence-electron chi connectivity index (χ0n) is 25.8. The second kappa shape index (κ2) is 15.5. The number of halogens is 4. The summed E-state index contributed by atoms with van der Waals surface area (Å²) < 4.78 is 70.2. The van der Waals surface area contributed by atoms with E-state index in [1.165, 1.54) is 29.2 Å². The summed E-state index contributed by atoms with van der Waals surface area (Å²) in [5.74, 6) is -1.17. The van der Waals surface area contributed by atoms with Crippen LogP contribution in [0.1, 0.15) is 30.5 Å². The van der Waals surface area contributed by atoms with Gasteiger partial charge in [0.05, 0.1) is 21.2 Å². The minimum Gasteiger partial charge on any atom is -0.354 e. The van der Waals surface area contributed by atoms with E-state index in [0.717, 1.165) is 17.7 Å². The number of carbonyl (C=O) groups excluding carboxylic acids is 2. The third-order valence-corrected chi connectivity index (χ3v) is 9.40. The van der Waals surface area contributed by atoms with Crippen LogP contribution in [0.25, 0.3) is 0 Å². The Morgan fingerprint density at radius 2 is 1.38 bits per heavy atom. The largest absolute Gasteiger partial charge is 0.416 e. The van der Waals surface area contributed by atoms with Gasteiger partial charge in [0.2, 0.25) is 11.8 Å². The summed E-state index contributed by atoms with van der Waals surface area (Å²) in [4.78, 5) is 29.3. The topological polar surface area (TPSA) is 86.8 Å². The average molecular weight is 686 g/mol. The second-order valence-electron chi connectivity index (χ2n) is 11.3. The molecule has 0 saturated carbocycles. The smallest absolute Gasteiger partial charge is 0.354 e. The molecule has 0 radical (unpaired) electrons. The Bertz CT molecular complexity index is 1760. The van der Waals surface area contributed by atoms with Crippen molar-refractivity contribution in [2.24, 2.45) is 5.92 Å². The maximum absolute atomic E-state index is 14.5. The highest BCUT2D eigenvalue weighted by molar-refractivity contribution is 7.92. The number of nitrogens with one attached hydrogen (secondary N) is 1. The molecule has 2 amide bonds. The number of nitrogens with zero attached hydrogens (tertiary/aromatic N) is 2. The normalized spacial score (nSPS) is 12.4. The lowest BCUT2D eigenvalue weighted by molar-refractivity contribution is -0.140. The molecule has 0 aliphatic carbocycles. The lowest BCUT2D eigenvalue weighted by atomic mass is 10.0. The number of anilines is 1. The Kier molecular flexibility index (Phi) is 11.7. The van der Waals surface area contributed by atoms with Crippen LogP contribution < -0.4 is 9.62 Å². The molecule has 0 saturated heterocycles. The first-order valence-corrected chi connectivity index (χ1v) is 16.7. The zero-order chi connectivity index (χ0) is 34.2. The molecule has 4 rings (SSSR count). The van der Waals surface area contributed by atoms with E-state index in [0.29, 0.717) is 22.5 Å². The van der Waals surface area contributed by atoms with Crippen LogP contribution in [0.4, 0.5) is 18.9 Å². The number of alkyl halides is 3. The Morgan fingerprint density at radius 1 is 0.830 bits per heavy atom. The molecule has 0 spiro atoms. The molecular weight excluding hydrogens is 651 g/mol. The van der Waals surface area contributed by atoms with E-state index in [-0.39, 0.29) is 28.8 Å². The molecule has 0 aliphatic rings. The maximum Gasteiger partial charge on any atom is 0.416 e. The third kappa shape index (κ3) is 9.36. The summed E-state index contributed by atoms with van der Waals surface area (Å²) in [5, 5.41) is 2.58. The van der Waals surface area contributed by atoms with Crippen LogP contribution in [0.5, 0.6) is 0 Å². The number of hydrogen-bond donors (Lipinski definition) is 1. The monoisotopic (exact) mass is 685 g/mol. The van der Waals surface area contributed by atoms with Crippen LogP contribution in [0.2, 0.25) is 5.02 Å². The van der Waals surface area contributed by atoms with Crippen molar-refractivity contribution in [3.63, 3.8) is 0 Å². The summed E-state index contributed by atoms with van der Waals surface area (Å²) in [6.07, 6.45) is -4.72. The van der Waals surface area contributed by atoms with Crippen LogP contribution in [0.15, 0.2) is 114 Å². The van der Waals surface area contributed by atoms with E-state index < -0.39 is 51.9 Å². The zero-order valence-corrected chi connectivity index (χ0v) is 27.4. The highest BCUT2D eigenvalue weighted by atomic mass is 35.5. The van der Waals surface area contributed by atoms with Crippen molar-refractivity contribution in [1.82, 2.24) is 10.2 Å². The van der Waals surface area contributed by atoms with Gasteiger partial charge in [0, 0.05) is 19.5 Å². The molecular formula is C35H35ClF3N3O4S. The number of rotatable bonds is 13. The van der Waals surface area contributed by atoms with Crippen molar-refractivity contribution in [2.45, 2.75) is 43.9 Å². The maximum atomic E-state index is 14.5. The number of amides is 2. The number of sulfonamides is 1. The van der Waals surface area contributed by atoms with Gasteiger partial charge in [0.1, 0.15) is 12.6 Å². The molecule has 0 heterocycles. The van der Waals surface area contributed by atoms with E-state index in [9.17, 15) is 31.2 Å². The summed E-state index contributed by atoms with van der Waals surface area (Å²) in [5.41, 5.74) is -0.265. The molecule has 4 aromatic rings. The standard InChI is InChI=1S/C35H35ClF3N3O4S/c1-25(2)22-40-34(44)32(20-26-12-6-3-7-13-26)41(23-27-14-8-4-9-15-27)33(43)24-42(47(45,46)29-16-10-5-11-17-29)31-21-28(35(37,38)39)18-19-30(31)36/h3-19,21,25,32H,20,22-24H2,1-2H3,(H,40,44)/t32-/m1/s1. The molecule has 0 aromatic heterocycles. The molecule has 7 nitrogen and oxygen atoms in total. The van der Waals surface area contributed by atoms with Gasteiger partial charge in [-0.05, 0) is 47.4 Å². The molecule has 1 atom stereocenters. The number of hydrogen-bond acceptors (Lipinski definition) is 4. The van der Waals surface area contributed by atoms with Crippen LogP contribution in [-0.2, 0) is 38.8 Å². The van der Waals surface area contributed by atoms with Crippen molar-refractivity contribution in [1.29, 1.82) is 0 Å². The molecule has 12 heteroatoms. The first kappa shape index (κ1) is 35.5. The summed E-state index contributed by atoms with van der Waals surface area (Å²) in [7, 11) is -4.63. The van der Waals surface area contributed by atoms with E-state index in [2.05, 4.69) is 5.32 Å². The van der Waals surface area contributed by atoms with Crippen molar-refractivity contribution in [3.05, 3.63) is 131 Å². The molecule has 4 aromatic carbocycles. The van der Waals surface area contributed by atoms with Crippen LogP contribution in [0.3, 0.4) is 0 Å². The van der Waals surface area contributed by atoms with Crippen LogP contribution in [0, 0.1) is 5.92 Å². The highest BCUT2D eigenvalue weighted by Crippen LogP contribution is 2.37. The Morgan fingerprint density at radius 3 is 1.94 bits per heavy atom. The minimum absolute atomic E-state index is 0.0815. The van der Waals surface area contributed by atoms with Crippen LogP contribution >= 0.6 is 11.6 Å².